The zero-order valence-electron chi connectivity index (χ0n) is 17.4. The van der Waals surface area contributed by atoms with Gasteiger partial charge in [0.25, 0.3) is 0 Å². The van der Waals surface area contributed by atoms with E-state index in [0.717, 1.165) is 42.6 Å². The van der Waals surface area contributed by atoms with E-state index in [0.29, 0.717) is 38.2 Å². The molecule has 0 bridgehead atoms. The number of carbonyl (C=O) groups is 1. The van der Waals surface area contributed by atoms with E-state index in [2.05, 4.69) is 11.4 Å². The molecule has 6 heteroatoms. The lowest BCUT2D eigenvalue weighted by molar-refractivity contribution is -0.122. The van der Waals surface area contributed by atoms with Gasteiger partial charge in [-0.05, 0) is 49.8 Å². The van der Waals surface area contributed by atoms with Crippen LogP contribution in [0.2, 0.25) is 0 Å². The second-order valence-corrected chi connectivity index (χ2v) is 7.76. The van der Waals surface area contributed by atoms with Crippen molar-refractivity contribution in [2.24, 2.45) is 0 Å². The molecule has 3 rings (SSSR count). The molecule has 2 aromatic rings. The Bertz CT molecular complexity index is 828. The molecule has 0 saturated heterocycles. The van der Waals surface area contributed by atoms with Crippen LogP contribution in [-0.4, -0.2) is 42.2 Å². The number of aliphatic hydroxyl groups excluding tert-OH is 1. The van der Waals surface area contributed by atoms with Crippen LogP contribution in [0.4, 0.5) is 4.39 Å². The van der Waals surface area contributed by atoms with Crippen molar-refractivity contribution in [2.45, 2.75) is 45.2 Å². The molecule has 1 heterocycles. The summed E-state index contributed by atoms with van der Waals surface area (Å²) in [5, 5.41) is 12.1. The van der Waals surface area contributed by atoms with Gasteiger partial charge >= 0.3 is 0 Å². The Morgan fingerprint density at radius 3 is 2.80 bits per heavy atom. The van der Waals surface area contributed by atoms with E-state index < -0.39 is 0 Å². The number of aliphatic hydroxyl groups is 1. The fourth-order valence-electron chi connectivity index (χ4n) is 3.68. The molecule has 0 radical (unpaired) electrons. The van der Waals surface area contributed by atoms with Gasteiger partial charge in [0.2, 0.25) is 5.91 Å². The van der Waals surface area contributed by atoms with Crippen LogP contribution in [0.5, 0.6) is 5.75 Å². The number of hydrogen-bond acceptors (Lipinski definition) is 4. The number of benzene rings is 2. The highest BCUT2D eigenvalue weighted by atomic mass is 19.1. The van der Waals surface area contributed by atoms with Crippen LogP contribution in [0.3, 0.4) is 0 Å². The zero-order valence-corrected chi connectivity index (χ0v) is 17.4. The van der Waals surface area contributed by atoms with Gasteiger partial charge in [-0.15, -0.1) is 0 Å². The smallest absolute Gasteiger partial charge is 0.234 e. The first-order valence-corrected chi connectivity index (χ1v) is 10.7. The van der Waals surface area contributed by atoms with Gasteiger partial charge < -0.3 is 15.2 Å². The molecule has 0 unspecified atom stereocenters. The summed E-state index contributed by atoms with van der Waals surface area (Å²) in [6, 6.07) is 12.8. The van der Waals surface area contributed by atoms with Crippen LogP contribution < -0.4 is 10.1 Å². The SMILES string of the molecule is O=C1CN(Cc2ccccc2F)Cc2cc(CCCO)ccc2OCCCCCN1. The molecule has 162 valence electrons. The van der Waals surface area contributed by atoms with E-state index >= 15 is 0 Å². The standard InChI is InChI=1S/C24H31FN2O3/c25-22-9-3-2-8-20(22)16-27-17-21-15-19(7-6-13-28)10-11-23(21)30-14-5-1-4-12-26-24(29)18-27/h2-3,8-11,15,28H,1,4-7,12-14,16-18H2,(H,26,29). The lowest BCUT2D eigenvalue weighted by Gasteiger charge is -2.24. The number of fused-ring (bicyclic) bond motifs is 1. The maximum absolute atomic E-state index is 14.3. The van der Waals surface area contributed by atoms with Crippen molar-refractivity contribution < 1.29 is 19.0 Å². The molecule has 0 atom stereocenters. The second kappa shape index (κ2) is 11.7. The highest BCUT2D eigenvalue weighted by Crippen LogP contribution is 2.24. The number of carbonyl (C=O) groups excluding carboxylic acids is 1. The molecule has 2 aromatic carbocycles. The third-order valence-electron chi connectivity index (χ3n) is 5.26. The van der Waals surface area contributed by atoms with E-state index in [4.69, 9.17) is 9.84 Å². The van der Waals surface area contributed by atoms with Gasteiger partial charge in [-0.25, -0.2) is 4.39 Å². The summed E-state index contributed by atoms with van der Waals surface area (Å²) in [6.07, 6.45) is 4.30. The minimum absolute atomic E-state index is 0.0514. The Morgan fingerprint density at radius 1 is 1.10 bits per heavy atom. The van der Waals surface area contributed by atoms with Crippen LogP contribution in [0, 0.1) is 5.82 Å². The van der Waals surface area contributed by atoms with Gasteiger partial charge in [0.1, 0.15) is 11.6 Å². The zero-order chi connectivity index (χ0) is 21.2. The molecule has 1 aliphatic rings. The number of amides is 1. The summed E-state index contributed by atoms with van der Waals surface area (Å²) in [5.41, 5.74) is 2.66. The highest BCUT2D eigenvalue weighted by molar-refractivity contribution is 5.78. The number of hydrogen-bond donors (Lipinski definition) is 2. The number of nitrogens with one attached hydrogen (secondary N) is 1. The first-order chi connectivity index (χ1) is 14.7. The maximum atomic E-state index is 14.3. The lowest BCUT2D eigenvalue weighted by Crippen LogP contribution is -2.37. The molecular formula is C24H31FN2O3. The Labute approximate surface area is 177 Å². The van der Waals surface area contributed by atoms with Crippen molar-refractivity contribution in [3.05, 3.63) is 65.0 Å². The summed E-state index contributed by atoms with van der Waals surface area (Å²) in [7, 11) is 0. The fraction of sp³-hybridized carbons (Fsp3) is 0.458. The Kier molecular flexibility index (Phi) is 8.66. The molecule has 2 N–H and O–H groups in total. The quantitative estimate of drug-likeness (QED) is 0.787. The largest absolute Gasteiger partial charge is 0.493 e. The van der Waals surface area contributed by atoms with Crippen molar-refractivity contribution in [1.82, 2.24) is 10.2 Å². The molecule has 0 aliphatic carbocycles. The van der Waals surface area contributed by atoms with Crippen molar-refractivity contribution in [3.63, 3.8) is 0 Å². The minimum Gasteiger partial charge on any atom is -0.493 e. The van der Waals surface area contributed by atoms with E-state index in [9.17, 15) is 9.18 Å². The molecule has 0 aromatic heterocycles. The number of halogens is 1. The van der Waals surface area contributed by atoms with Crippen LogP contribution in [-0.2, 0) is 24.3 Å². The Hall–Kier alpha value is -2.44. The van der Waals surface area contributed by atoms with Gasteiger partial charge in [-0.3, -0.25) is 9.69 Å². The molecule has 0 spiro atoms. The normalized spacial score (nSPS) is 16.4. The monoisotopic (exact) mass is 414 g/mol. The number of ether oxygens (including phenoxy) is 1. The number of nitrogens with zero attached hydrogens (tertiary/aromatic N) is 1. The topological polar surface area (TPSA) is 61.8 Å². The third-order valence-corrected chi connectivity index (χ3v) is 5.26. The summed E-state index contributed by atoms with van der Waals surface area (Å²) >= 11 is 0. The van der Waals surface area contributed by atoms with Crippen LogP contribution in [0.15, 0.2) is 42.5 Å². The lowest BCUT2D eigenvalue weighted by atomic mass is 10.0. The maximum Gasteiger partial charge on any atom is 0.234 e. The van der Waals surface area contributed by atoms with E-state index in [1.165, 1.54) is 6.07 Å². The fourth-order valence-corrected chi connectivity index (χ4v) is 3.68. The Balaban J connectivity index is 1.87. The van der Waals surface area contributed by atoms with Gasteiger partial charge in [-0.2, -0.15) is 0 Å². The van der Waals surface area contributed by atoms with E-state index in [1.807, 2.05) is 23.1 Å². The summed E-state index contributed by atoms with van der Waals surface area (Å²) in [5.74, 6) is 0.486. The molecule has 0 saturated carbocycles. The third kappa shape index (κ3) is 6.82. The molecule has 5 nitrogen and oxygen atoms in total. The number of aryl methyl sites for hydroxylation is 1. The molecule has 1 amide bonds. The molecular weight excluding hydrogens is 383 g/mol. The second-order valence-electron chi connectivity index (χ2n) is 7.76. The summed E-state index contributed by atoms with van der Waals surface area (Å²) in [4.78, 5) is 14.4. The predicted octanol–water partition coefficient (Wildman–Crippen LogP) is 3.43. The molecule has 30 heavy (non-hydrogen) atoms. The highest BCUT2D eigenvalue weighted by Gasteiger charge is 2.17. The minimum atomic E-state index is -0.269. The molecule has 1 aliphatic heterocycles. The average Bonchev–Trinajstić information content (AvgIpc) is 2.75. The van der Waals surface area contributed by atoms with Gasteiger partial charge in [0.05, 0.1) is 13.2 Å². The van der Waals surface area contributed by atoms with Gasteiger partial charge in [0, 0.05) is 37.4 Å². The summed E-state index contributed by atoms with van der Waals surface area (Å²) in [6.45, 7) is 2.42. The number of rotatable bonds is 5. The van der Waals surface area contributed by atoms with Gasteiger partial charge in [-0.1, -0.05) is 30.3 Å². The van der Waals surface area contributed by atoms with Crippen molar-refractivity contribution in [3.8, 4) is 5.75 Å². The van der Waals surface area contributed by atoms with Crippen molar-refractivity contribution in [2.75, 3.05) is 26.3 Å². The predicted molar refractivity (Wildman–Crippen MR) is 115 cm³/mol. The van der Waals surface area contributed by atoms with Crippen LogP contribution >= 0.6 is 0 Å². The van der Waals surface area contributed by atoms with E-state index in [1.54, 1.807) is 12.1 Å². The van der Waals surface area contributed by atoms with Crippen molar-refractivity contribution >= 4 is 5.91 Å². The van der Waals surface area contributed by atoms with Gasteiger partial charge in [0.15, 0.2) is 0 Å². The van der Waals surface area contributed by atoms with Crippen molar-refractivity contribution in [1.29, 1.82) is 0 Å². The average molecular weight is 415 g/mol. The van der Waals surface area contributed by atoms with Crippen LogP contribution in [0.25, 0.3) is 0 Å². The Morgan fingerprint density at radius 2 is 1.97 bits per heavy atom. The molecule has 0 fully saturated rings. The first-order valence-electron chi connectivity index (χ1n) is 10.7. The first kappa shape index (κ1) is 22.2. The summed E-state index contributed by atoms with van der Waals surface area (Å²) < 4.78 is 20.3. The van der Waals surface area contributed by atoms with E-state index in [-0.39, 0.29) is 24.9 Å². The van der Waals surface area contributed by atoms with Crippen LogP contribution in [0.1, 0.15) is 42.4 Å².